The van der Waals surface area contributed by atoms with Crippen molar-refractivity contribution >= 4 is 5.69 Å². The molecule has 4 heterocycles. The fraction of sp³-hybridized carbons (Fsp3) is 0.360. The molecule has 0 unspecified atom stereocenters. The third-order valence-corrected chi connectivity index (χ3v) is 6.84. The maximum Gasteiger partial charge on any atom is 0.314 e. The van der Waals surface area contributed by atoms with Crippen molar-refractivity contribution in [3.05, 3.63) is 65.7 Å². The average Bonchev–Trinajstić information content (AvgIpc) is 3.56. The molecule has 13 heteroatoms. The third kappa shape index (κ3) is 4.74. The summed E-state index contributed by atoms with van der Waals surface area (Å²) in [6.07, 6.45) is -1.36. The van der Waals surface area contributed by atoms with Crippen molar-refractivity contribution in [3.63, 3.8) is 0 Å². The Balaban J connectivity index is 1.16. The summed E-state index contributed by atoms with van der Waals surface area (Å²) in [5.74, 6) is -2.03. The Kier molecular flexibility index (Phi) is 6.54. The molecule has 2 aliphatic rings. The van der Waals surface area contributed by atoms with Crippen molar-refractivity contribution < 1.29 is 26.7 Å². The van der Waals surface area contributed by atoms with Gasteiger partial charge in [-0.1, -0.05) is 17.3 Å². The number of rotatable bonds is 7. The molecule has 0 saturated carbocycles. The SMILES string of the molecule is Fc1cc(-c2nnc(C(F)F)o2)ccc1Cn1cc(-c2cccc(N3CCN(C4COC4)CC3)c2F)nn1. The minimum Gasteiger partial charge on any atom is -0.415 e. The summed E-state index contributed by atoms with van der Waals surface area (Å²) in [5.41, 5.74) is 1.59. The van der Waals surface area contributed by atoms with Crippen LogP contribution in [0.1, 0.15) is 17.9 Å². The standard InChI is InChI=1S/C25H23F4N7O2/c26-19-10-15(24-31-32-25(38-24)23(28)29)4-5-16(19)11-36-12-20(30-33-36)18-2-1-3-21(22(18)27)35-8-6-34(7-9-35)17-13-37-14-17/h1-5,10,12,17,23H,6-9,11,13-14H2. The predicted molar refractivity (Wildman–Crippen MR) is 128 cm³/mol. The van der Waals surface area contributed by atoms with Crippen molar-refractivity contribution in [2.45, 2.75) is 19.0 Å². The number of nitrogens with zero attached hydrogens (tertiary/aromatic N) is 7. The lowest BCUT2D eigenvalue weighted by Crippen LogP contribution is -2.56. The van der Waals surface area contributed by atoms with E-state index in [9.17, 15) is 13.2 Å². The monoisotopic (exact) mass is 529 g/mol. The van der Waals surface area contributed by atoms with E-state index >= 15 is 4.39 Å². The van der Waals surface area contributed by atoms with Gasteiger partial charge < -0.3 is 14.1 Å². The number of halogens is 4. The van der Waals surface area contributed by atoms with E-state index in [1.165, 1.54) is 16.8 Å². The van der Waals surface area contributed by atoms with Gasteiger partial charge in [0.25, 0.3) is 5.89 Å². The fourth-order valence-corrected chi connectivity index (χ4v) is 4.65. The van der Waals surface area contributed by atoms with E-state index in [1.807, 2.05) is 4.90 Å². The second kappa shape index (κ2) is 10.1. The Hall–Kier alpha value is -3.84. The lowest BCUT2D eigenvalue weighted by molar-refractivity contribution is -0.0660. The molecule has 0 spiro atoms. The van der Waals surface area contributed by atoms with Crippen LogP contribution in [0.5, 0.6) is 0 Å². The van der Waals surface area contributed by atoms with Crippen molar-refractivity contribution in [1.82, 2.24) is 30.1 Å². The Labute approximate surface area is 214 Å². The van der Waals surface area contributed by atoms with Crippen LogP contribution in [0.4, 0.5) is 23.2 Å². The lowest BCUT2D eigenvalue weighted by atomic mass is 10.1. The van der Waals surface area contributed by atoms with E-state index in [4.69, 9.17) is 9.15 Å². The van der Waals surface area contributed by atoms with Crippen LogP contribution in [-0.4, -0.2) is 75.5 Å². The molecule has 38 heavy (non-hydrogen) atoms. The highest BCUT2D eigenvalue weighted by Crippen LogP contribution is 2.30. The van der Waals surface area contributed by atoms with Gasteiger partial charge in [0.2, 0.25) is 5.89 Å². The summed E-state index contributed by atoms with van der Waals surface area (Å²) in [5, 5.41) is 14.9. The summed E-state index contributed by atoms with van der Waals surface area (Å²) in [4.78, 5) is 4.41. The minimum atomic E-state index is -2.91. The smallest absolute Gasteiger partial charge is 0.314 e. The second-order valence-electron chi connectivity index (χ2n) is 9.21. The van der Waals surface area contributed by atoms with E-state index in [-0.39, 0.29) is 29.4 Å². The summed E-state index contributed by atoms with van der Waals surface area (Å²) < 4.78 is 67.2. The Bertz CT molecular complexity index is 1430. The van der Waals surface area contributed by atoms with Crippen molar-refractivity contribution in [2.75, 3.05) is 44.3 Å². The average molecular weight is 529 g/mol. The van der Waals surface area contributed by atoms with E-state index < -0.39 is 18.1 Å². The number of aromatic nitrogens is 5. The van der Waals surface area contributed by atoms with Crippen LogP contribution in [0.25, 0.3) is 22.7 Å². The Morgan fingerprint density at radius 1 is 0.974 bits per heavy atom. The Morgan fingerprint density at radius 3 is 2.47 bits per heavy atom. The largest absolute Gasteiger partial charge is 0.415 e. The number of hydrogen-bond donors (Lipinski definition) is 0. The van der Waals surface area contributed by atoms with E-state index in [2.05, 4.69) is 25.4 Å². The van der Waals surface area contributed by atoms with Gasteiger partial charge in [-0.3, -0.25) is 4.90 Å². The van der Waals surface area contributed by atoms with Crippen LogP contribution in [-0.2, 0) is 11.3 Å². The molecule has 0 radical (unpaired) electrons. The maximum absolute atomic E-state index is 15.6. The number of piperazine rings is 1. The van der Waals surface area contributed by atoms with Gasteiger partial charge in [-0.25, -0.2) is 13.5 Å². The van der Waals surface area contributed by atoms with Gasteiger partial charge in [-0.2, -0.15) is 8.78 Å². The van der Waals surface area contributed by atoms with Crippen LogP contribution < -0.4 is 4.90 Å². The molecule has 0 amide bonds. The van der Waals surface area contributed by atoms with Crippen LogP contribution in [0, 0.1) is 11.6 Å². The lowest BCUT2D eigenvalue weighted by Gasteiger charge is -2.43. The highest BCUT2D eigenvalue weighted by Gasteiger charge is 2.30. The predicted octanol–water partition coefficient (Wildman–Crippen LogP) is 3.78. The summed E-state index contributed by atoms with van der Waals surface area (Å²) in [6, 6.07) is 9.72. The molecule has 0 atom stereocenters. The van der Waals surface area contributed by atoms with Crippen molar-refractivity contribution in [1.29, 1.82) is 0 Å². The van der Waals surface area contributed by atoms with Gasteiger partial charge in [0.15, 0.2) is 5.82 Å². The van der Waals surface area contributed by atoms with E-state index in [0.29, 0.717) is 36.1 Å². The summed E-state index contributed by atoms with van der Waals surface area (Å²) >= 11 is 0. The molecule has 4 aromatic rings. The maximum atomic E-state index is 15.6. The summed E-state index contributed by atoms with van der Waals surface area (Å²) in [7, 11) is 0. The molecule has 6 rings (SSSR count). The van der Waals surface area contributed by atoms with E-state index in [0.717, 1.165) is 32.4 Å². The second-order valence-corrected chi connectivity index (χ2v) is 9.21. The normalized spacial score (nSPS) is 16.8. The topological polar surface area (TPSA) is 85.3 Å². The molecule has 198 valence electrons. The number of ether oxygens (including phenoxy) is 1. The molecular formula is C25H23F4N7O2. The van der Waals surface area contributed by atoms with Crippen molar-refractivity contribution in [2.24, 2.45) is 0 Å². The molecular weight excluding hydrogens is 506 g/mol. The molecule has 2 aromatic heterocycles. The van der Waals surface area contributed by atoms with Crippen LogP contribution in [0.2, 0.25) is 0 Å². The highest BCUT2D eigenvalue weighted by molar-refractivity contribution is 5.66. The van der Waals surface area contributed by atoms with Gasteiger partial charge in [0.1, 0.15) is 11.5 Å². The molecule has 0 aliphatic carbocycles. The van der Waals surface area contributed by atoms with Crippen molar-refractivity contribution in [3.8, 4) is 22.7 Å². The van der Waals surface area contributed by atoms with Gasteiger partial charge in [0.05, 0.1) is 37.7 Å². The first kappa shape index (κ1) is 24.5. The number of alkyl halides is 2. The van der Waals surface area contributed by atoms with E-state index in [1.54, 1.807) is 24.4 Å². The molecule has 2 aliphatic heterocycles. The highest BCUT2D eigenvalue weighted by atomic mass is 19.3. The third-order valence-electron chi connectivity index (χ3n) is 6.84. The number of anilines is 1. The quantitative estimate of drug-likeness (QED) is 0.335. The van der Waals surface area contributed by atoms with Gasteiger partial charge in [-0.05, 0) is 24.3 Å². The zero-order valence-electron chi connectivity index (χ0n) is 20.1. The van der Waals surface area contributed by atoms with Crippen LogP contribution >= 0.6 is 0 Å². The number of hydrogen-bond acceptors (Lipinski definition) is 8. The molecule has 9 nitrogen and oxygen atoms in total. The molecule has 0 N–H and O–H groups in total. The molecule has 2 saturated heterocycles. The first-order valence-electron chi connectivity index (χ1n) is 12.1. The molecule has 2 aromatic carbocycles. The van der Waals surface area contributed by atoms with Crippen LogP contribution in [0.15, 0.2) is 47.0 Å². The number of benzene rings is 2. The van der Waals surface area contributed by atoms with Crippen LogP contribution in [0.3, 0.4) is 0 Å². The van der Waals surface area contributed by atoms with Gasteiger partial charge in [0, 0.05) is 42.9 Å². The zero-order chi connectivity index (χ0) is 26.2. The summed E-state index contributed by atoms with van der Waals surface area (Å²) in [6.45, 7) is 4.66. The fourth-order valence-electron chi connectivity index (χ4n) is 4.65. The molecule has 0 bridgehead atoms. The molecule has 2 fully saturated rings. The van der Waals surface area contributed by atoms with Gasteiger partial charge >= 0.3 is 6.43 Å². The Morgan fingerprint density at radius 2 is 1.79 bits per heavy atom. The first-order valence-corrected chi connectivity index (χ1v) is 12.1. The minimum absolute atomic E-state index is 0.0272. The van der Waals surface area contributed by atoms with Gasteiger partial charge in [-0.15, -0.1) is 15.3 Å². The zero-order valence-corrected chi connectivity index (χ0v) is 20.1. The first-order chi connectivity index (χ1) is 18.5.